The van der Waals surface area contributed by atoms with Gasteiger partial charge in [-0.2, -0.15) is 0 Å². The maximum absolute atomic E-state index is 6.26. The molecule has 1 heterocycles. The highest BCUT2D eigenvalue weighted by Crippen LogP contribution is 2.32. The molecule has 0 aliphatic heterocycles. The molecular weight excluding hydrogens is 383 g/mol. The minimum absolute atomic E-state index is 0.212. The fraction of sp³-hybridized carbons (Fsp3) is 0.312. The third-order valence-corrected chi connectivity index (χ3v) is 4.95. The van der Waals surface area contributed by atoms with Crippen LogP contribution >= 0.6 is 34.2 Å². The lowest BCUT2D eigenvalue weighted by Gasteiger charge is -2.25. The second-order valence-electron chi connectivity index (χ2n) is 4.75. The molecule has 1 N–H and O–H groups in total. The van der Waals surface area contributed by atoms with Crippen molar-refractivity contribution in [2.45, 2.75) is 25.8 Å². The fourth-order valence-corrected chi connectivity index (χ4v) is 2.85. The first-order valence-electron chi connectivity index (χ1n) is 6.72. The lowest BCUT2D eigenvalue weighted by atomic mass is 9.91. The summed E-state index contributed by atoms with van der Waals surface area (Å²) in [6, 6.07) is 12.5. The molecule has 4 heteroatoms. The molecule has 0 fully saturated rings. The first-order chi connectivity index (χ1) is 9.63. The molecule has 106 valence electrons. The van der Waals surface area contributed by atoms with Crippen molar-refractivity contribution in [1.82, 2.24) is 10.3 Å². The molecule has 20 heavy (non-hydrogen) atoms. The molecule has 2 nitrogen and oxygen atoms in total. The van der Waals surface area contributed by atoms with Crippen LogP contribution in [0.2, 0.25) is 5.02 Å². The Kier molecular flexibility index (Phi) is 5.81. The summed E-state index contributed by atoms with van der Waals surface area (Å²) in [4.78, 5) is 4.47. The van der Waals surface area contributed by atoms with Gasteiger partial charge in [0.15, 0.2) is 0 Å². The molecule has 0 amide bonds. The Morgan fingerprint density at radius 3 is 2.70 bits per heavy atom. The number of hydrogen-bond acceptors (Lipinski definition) is 2. The molecule has 2 atom stereocenters. The van der Waals surface area contributed by atoms with E-state index in [-0.39, 0.29) is 12.0 Å². The van der Waals surface area contributed by atoms with Crippen molar-refractivity contribution in [2.24, 2.45) is 0 Å². The van der Waals surface area contributed by atoms with Gasteiger partial charge in [0.05, 0.1) is 5.02 Å². The summed E-state index contributed by atoms with van der Waals surface area (Å²) >= 11 is 8.51. The SMILES string of the molecule is CCNC(c1ccc(I)c(Cl)c1)C(C)c1ccccn1. The van der Waals surface area contributed by atoms with Gasteiger partial charge in [-0.05, 0) is 59.0 Å². The van der Waals surface area contributed by atoms with Gasteiger partial charge in [0.2, 0.25) is 0 Å². The van der Waals surface area contributed by atoms with E-state index in [9.17, 15) is 0 Å². The van der Waals surface area contributed by atoms with Crippen molar-refractivity contribution in [3.63, 3.8) is 0 Å². The lowest BCUT2D eigenvalue weighted by Crippen LogP contribution is -2.26. The standard InChI is InChI=1S/C16H18ClIN2/c1-3-19-16(11(2)15-6-4-5-9-20-15)12-7-8-14(18)13(17)10-12/h4-11,16,19H,3H2,1-2H3. The van der Waals surface area contributed by atoms with Crippen LogP contribution in [0.4, 0.5) is 0 Å². The molecule has 0 aliphatic rings. The summed E-state index contributed by atoms with van der Waals surface area (Å²) in [6.45, 7) is 5.22. The Labute approximate surface area is 139 Å². The van der Waals surface area contributed by atoms with E-state index >= 15 is 0 Å². The molecule has 0 bridgehead atoms. The summed E-state index contributed by atoms with van der Waals surface area (Å²) in [7, 11) is 0. The van der Waals surface area contributed by atoms with Crippen LogP contribution in [-0.2, 0) is 0 Å². The van der Waals surface area contributed by atoms with E-state index in [1.54, 1.807) is 0 Å². The molecule has 2 rings (SSSR count). The predicted molar refractivity (Wildman–Crippen MR) is 93.2 cm³/mol. The molecule has 1 aromatic heterocycles. The van der Waals surface area contributed by atoms with Gasteiger partial charge in [0, 0.05) is 27.4 Å². The summed E-state index contributed by atoms with van der Waals surface area (Å²) in [5.74, 6) is 0.285. The van der Waals surface area contributed by atoms with Crippen LogP contribution < -0.4 is 5.32 Å². The van der Waals surface area contributed by atoms with Gasteiger partial charge in [-0.1, -0.05) is 37.6 Å². The third kappa shape index (κ3) is 3.71. The zero-order valence-electron chi connectivity index (χ0n) is 11.6. The summed E-state index contributed by atoms with van der Waals surface area (Å²) in [5, 5.41) is 4.35. The molecule has 1 aromatic carbocycles. The highest BCUT2D eigenvalue weighted by atomic mass is 127. The van der Waals surface area contributed by atoms with Crippen LogP contribution in [0.5, 0.6) is 0 Å². The molecule has 0 saturated carbocycles. The van der Waals surface area contributed by atoms with E-state index in [1.165, 1.54) is 5.56 Å². The number of nitrogens with one attached hydrogen (secondary N) is 1. The van der Waals surface area contributed by atoms with Gasteiger partial charge in [0.25, 0.3) is 0 Å². The smallest absolute Gasteiger partial charge is 0.0542 e. The van der Waals surface area contributed by atoms with E-state index in [4.69, 9.17) is 11.6 Å². The summed E-state index contributed by atoms with van der Waals surface area (Å²) in [5.41, 5.74) is 2.29. The highest BCUT2D eigenvalue weighted by Gasteiger charge is 2.21. The van der Waals surface area contributed by atoms with Crippen molar-refractivity contribution in [2.75, 3.05) is 6.54 Å². The second-order valence-corrected chi connectivity index (χ2v) is 6.32. The van der Waals surface area contributed by atoms with Crippen LogP contribution in [0.3, 0.4) is 0 Å². The fourth-order valence-electron chi connectivity index (χ4n) is 2.33. The van der Waals surface area contributed by atoms with Gasteiger partial charge < -0.3 is 5.32 Å². The van der Waals surface area contributed by atoms with Gasteiger partial charge >= 0.3 is 0 Å². The number of hydrogen-bond donors (Lipinski definition) is 1. The number of pyridine rings is 1. The number of benzene rings is 1. The van der Waals surface area contributed by atoms with Gasteiger partial charge in [-0.25, -0.2) is 0 Å². The van der Waals surface area contributed by atoms with Crippen LogP contribution in [0.15, 0.2) is 42.6 Å². The summed E-state index contributed by atoms with van der Waals surface area (Å²) in [6.07, 6.45) is 1.84. The number of nitrogens with zero attached hydrogens (tertiary/aromatic N) is 1. The lowest BCUT2D eigenvalue weighted by molar-refractivity contribution is 0.472. The van der Waals surface area contributed by atoms with Crippen LogP contribution in [0.1, 0.15) is 37.1 Å². The Balaban J connectivity index is 2.33. The van der Waals surface area contributed by atoms with Gasteiger partial charge in [-0.3, -0.25) is 4.98 Å². The second kappa shape index (κ2) is 7.38. The van der Waals surface area contributed by atoms with Gasteiger partial charge in [0.1, 0.15) is 0 Å². The van der Waals surface area contributed by atoms with E-state index in [0.29, 0.717) is 0 Å². The number of halogens is 2. The van der Waals surface area contributed by atoms with E-state index in [1.807, 2.05) is 18.3 Å². The maximum atomic E-state index is 6.26. The topological polar surface area (TPSA) is 24.9 Å². The van der Waals surface area contributed by atoms with Crippen molar-refractivity contribution in [1.29, 1.82) is 0 Å². The average Bonchev–Trinajstić information content (AvgIpc) is 2.48. The molecule has 2 aromatic rings. The Bertz CT molecular complexity index is 560. The monoisotopic (exact) mass is 400 g/mol. The van der Waals surface area contributed by atoms with Crippen LogP contribution in [0, 0.1) is 3.57 Å². The zero-order valence-corrected chi connectivity index (χ0v) is 14.5. The average molecular weight is 401 g/mol. The zero-order chi connectivity index (χ0) is 14.5. The molecule has 0 aliphatic carbocycles. The molecular formula is C16H18ClIN2. The molecule has 0 radical (unpaired) electrons. The van der Waals surface area contributed by atoms with Crippen LogP contribution in [-0.4, -0.2) is 11.5 Å². The quantitative estimate of drug-likeness (QED) is 0.730. The van der Waals surface area contributed by atoms with E-state index in [2.05, 4.69) is 71.0 Å². The first kappa shape index (κ1) is 15.7. The number of rotatable bonds is 5. The Hall–Kier alpha value is -0.650. The van der Waals surface area contributed by atoms with Gasteiger partial charge in [-0.15, -0.1) is 0 Å². The normalized spacial score (nSPS) is 14.0. The number of likely N-dealkylation sites (N-methyl/N-ethyl adjacent to an activating group) is 1. The molecule has 0 spiro atoms. The Morgan fingerprint density at radius 1 is 1.30 bits per heavy atom. The largest absolute Gasteiger partial charge is 0.310 e. The first-order valence-corrected chi connectivity index (χ1v) is 8.18. The van der Waals surface area contributed by atoms with Crippen molar-refractivity contribution in [3.05, 3.63) is 62.4 Å². The maximum Gasteiger partial charge on any atom is 0.0542 e. The van der Waals surface area contributed by atoms with E-state index in [0.717, 1.165) is 20.8 Å². The summed E-state index contributed by atoms with van der Waals surface area (Å²) < 4.78 is 1.08. The van der Waals surface area contributed by atoms with Crippen molar-refractivity contribution >= 4 is 34.2 Å². The van der Waals surface area contributed by atoms with Crippen molar-refractivity contribution < 1.29 is 0 Å². The minimum Gasteiger partial charge on any atom is -0.310 e. The molecule has 0 saturated heterocycles. The Morgan fingerprint density at radius 2 is 2.10 bits per heavy atom. The van der Waals surface area contributed by atoms with Crippen molar-refractivity contribution in [3.8, 4) is 0 Å². The molecule has 2 unspecified atom stereocenters. The van der Waals surface area contributed by atoms with Crippen LogP contribution in [0.25, 0.3) is 0 Å². The minimum atomic E-state index is 0.212. The predicted octanol–water partition coefficient (Wildman–Crippen LogP) is 4.79. The van der Waals surface area contributed by atoms with E-state index < -0.39 is 0 Å². The highest BCUT2D eigenvalue weighted by molar-refractivity contribution is 14.1. The third-order valence-electron chi connectivity index (χ3n) is 3.38. The number of aromatic nitrogens is 1.